The third kappa shape index (κ3) is 5.01. The van der Waals surface area contributed by atoms with Gasteiger partial charge in [0.25, 0.3) is 5.91 Å². The van der Waals surface area contributed by atoms with Crippen LogP contribution in [0.15, 0.2) is 54.7 Å². The van der Waals surface area contributed by atoms with Crippen LogP contribution in [0, 0.1) is 0 Å². The first-order valence-corrected chi connectivity index (χ1v) is 13.4. The van der Waals surface area contributed by atoms with Crippen molar-refractivity contribution >= 4 is 45.0 Å². The number of benzene rings is 3. The van der Waals surface area contributed by atoms with E-state index in [0.29, 0.717) is 29.5 Å². The Morgan fingerprint density at radius 1 is 1.10 bits per heavy atom. The fourth-order valence-corrected chi connectivity index (χ4v) is 5.38. The molecule has 1 saturated heterocycles. The topological polar surface area (TPSA) is 124 Å². The molecule has 1 aliphatic carbocycles. The Bertz CT molecular complexity index is 1600. The number of ether oxygens (including phenoxy) is 2. The minimum atomic E-state index is -1.22. The molecule has 1 aliphatic heterocycles. The van der Waals surface area contributed by atoms with Crippen molar-refractivity contribution in [1.29, 1.82) is 0 Å². The highest BCUT2D eigenvalue weighted by Crippen LogP contribution is 2.41. The molecule has 39 heavy (non-hydrogen) atoms. The van der Waals surface area contributed by atoms with Crippen molar-refractivity contribution < 1.29 is 29.3 Å². The monoisotopic (exact) mass is 548 g/mol. The van der Waals surface area contributed by atoms with Crippen molar-refractivity contribution in [2.24, 2.45) is 5.73 Å². The quantitative estimate of drug-likeness (QED) is 0.255. The lowest BCUT2D eigenvalue weighted by atomic mass is 9.92. The molecule has 1 atom stereocenters. The number of fused-ring (bicyclic) bond motifs is 2. The Balaban J connectivity index is 1.27. The van der Waals surface area contributed by atoms with Crippen LogP contribution in [0.5, 0.6) is 5.75 Å². The molecule has 9 heteroatoms. The van der Waals surface area contributed by atoms with E-state index in [2.05, 4.69) is 12.1 Å². The molecule has 2 aliphatic rings. The first kappa shape index (κ1) is 25.8. The highest BCUT2D eigenvalue weighted by Gasteiger charge is 2.43. The Hall–Kier alpha value is -3.43. The van der Waals surface area contributed by atoms with Crippen LogP contribution in [0.25, 0.3) is 21.7 Å². The molecule has 0 radical (unpaired) electrons. The van der Waals surface area contributed by atoms with Crippen LogP contribution < -0.4 is 10.5 Å². The Kier molecular flexibility index (Phi) is 6.59. The molecule has 3 aromatic carbocycles. The zero-order chi connectivity index (χ0) is 27.3. The van der Waals surface area contributed by atoms with E-state index in [1.807, 2.05) is 16.7 Å². The van der Waals surface area contributed by atoms with Gasteiger partial charge in [0, 0.05) is 34.2 Å². The van der Waals surface area contributed by atoms with Gasteiger partial charge >= 0.3 is 0 Å². The molecule has 202 valence electrons. The number of amides is 1. The summed E-state index contributed by atoms with van der Waals surface area (Å²) in [5, 5.41) is 23.8. The van der Waals surface area contributed by atoms with Gasteiger partial charge in [0.1, 0.15) is 11.4 Å². The predicted molar refractivity (Wildman–Crippen MR) is 148 cm³/mol. The summed E-state index contributed by atoms with van der Waals surface area (Å²) in [5.74, 6) is -0.157. The lowest BCUT2D eigenvalue weighted by Gasteiger charge is -2.40. The van der Waals surface area contributed by atoms with Gasteiger partial charge in [-0.25, -0.2) is 0 Å². The van der Waals surface area contributed by atoms with Gasteiger partial charge in [0.2, 0.25) is 5.78 Å². The van der Waals surface area contributed by atoms with Crippen LogP contribution in [-0.4, -0.2) is 58.0 Å². The van der Waals surface area contributed by atoms with E-state index in [0.717, 1.165) is 34.5 Å². The fraction of sp³-hybridized carbons (Fsp3) is 0.333. The van der Waals surface area contributed by atoms with Gasteiger partial charge in [-0.15, -0.1) is 0 Å². The summed E-state index contributed by atoms with van der Waals surface area (Å²) in [5.41, 5.74) is 7.15. The average Bonchev–Trinajstić information content (AvgIpc) is 3.69. The highest BCUT2D eigenvalue weighted by molar-refractivity contribution is 6.31. The van der Waals surface area contributed by atoms with E-state index >= 15 is 0 Å². The van der Waals surface area contributed by atoms with Gasteiger partial charge in [0.15, 0.2) is 6.61 Å². The minimum Gasteiger partial charge on any atom is -0.485 e. The number of aryl methyl sites for hydroxylation is 1. The van der Waals surface area contributed by atoms with Crippen molar-refractivity contribution in [2.45, 2.75) is 43.4 Å². The Labute approximate surface area is 229 Å². The van der Waals surface area contributed by atoms with Gasteiger partial charge in [0.05, 0.1) is 24.9 Å². The Morgan fingerprint density at radius 3 is 2.59 bits per heavy atom. The molecule has 1 saturated carbocycles. The molecular formula is C30H29ClN2O6. The Morgan fingerprint density at radius 2 is 1.90 bits per heavy atom. The fourth-order valence-electron chi connectivity index (χ4n) is 5.20. The lowest BCUT2D eigenvalue weighted by Crippen LogP contribution is -2.58. The van der Waals surface area contributed by atoms with Gasteiger partial charge in [-0.2, -0.15) is 0 Å². The molecule has 4 N–H and O–H groups in total. The summed E-state index contributed by atoms with van der Waals surface area (Å²) < 4.78 is 12.9. The van der Waals surface area contributed by atoms with Crippen molar-refractivity contribution in [3.8, 4) is 5.75 Å². The largest absolute Gasteiger partial charge is 0.485 e. The van der Waals surface area contributed by atoms with E-state index in [-0.39, 0.29) is 36.9 Å². The number of rotatable bonds is 10. The summed E-state index contributed by atoms with van der Waals surface area (Å²) >= 11 is 6.09. The molecule has 8 nitrogen and oxygen atoms in total. The number of aromatic nitrogens is 1. The van der Waals surface area contributed by atoms with Crippen LogP contribution in [0.3, 0.4) is 0 Å². The highest BCUT2D eigenvalue weighted by atomic mass is 35.5. The number of halogens is 1. The van der Waals surface area contributed by atoms with Crippen LogP contribution in [-0.2, 0) is 11.3 Å². The minimum absolute atomic E-state index is 0.114. The molecule has 2 heterocycles. The summed E-state index contributed by atoms with van der Waals surface area (Å²) in [6.07, 6.45) is 3.45. The number of primary amides is 1. The maximum Gasteiger partial charge on any atom is 0.252 e. The first-order chi connectivity index (χ1) is 18.7. The van der Waals surface area contributed by atoms with Crippen molar-refractivity contribution in [1.82, 2.24) is 4.57 Å². The standard InChI is InChI=1S/C30H29ClN2O6/c31-21-5-3-19-12-27(23(29(32)36)10-20(19)9-21)39-14-26(34)24-13-33(8-7-28(35)30(37)15-38-16-30)25-11-18(17-1-2-17)4-6-22(24)25/h3-6,9-13,17,28,35,37H,1-2,7-8,14-16H2,(H2,32,36). The number of hydrogen-bond acceptors (Lipinski definition) is 6. The molecular weight excluding hydrogens is 520 g/mol. The molecule has 4 aromatic rings. The number of carbonyl (C=O) groups is 2. The van der Waals surface area contributed by atoms with Crippen LogP contribution in [0.2, 0.25) is 5.02 Å². The summed E-state index contributed by atoms with van der Waals surface area (Å²) in [7, 11) is 0. The number of aliphatic hydroxyl groups excluding tert-OH is 1. The second-order valence-electron chi connectivity index (χ2n) is 10.6. The second kappa shape index (κ2) is 9.95. The zero-order valence-electron chi connectivity index (χ0n) is 21.2. The normalized spacial score (nSPS) is 17.2. The SMILES string of the molecule is NC(=O)c1cc2cc(Cl)ccc2cc1OCC(=O)c1cn(CCC(O)C2(O)COC2)c2cc(C3CC3)ccc12. The van der Waals surface area contributed by atoms with Crippen molar-refractivity contribution in [3.05, 3.63) is 76.4 Å². The molecule has 1 aromatic heterocycles. The number of nitrogens with zero attached hydrogens (tertiary/aromatic N) is 1. The van der Waals surface area contributed by atoms with Gasteiger partial charge in [-0.1, -0.05) is 29.8 Å². The average molecular weight is 549 g/mol. The third-order valence-corrected chi connectivity index (χ3v) is 7.98. The molecule has 0 bridgehead atoms. The number of nitrogens with two attached hydrogens (primary N) is 1. The zero-order valence-corrected chi connectivity index (χ0v) is 22.0. The molecule has 1 amide bonds. The van der Waals surface area contributed by atoms with Crippen LogP contribution >= 0.6 is 11.6 Å². The molecule has 6 rings (SSSR count). The first-order valence-electron chi connectivity index (χ1n) is 13.0. The predicted octanol–water partition coefficient (Wildman–Crippen LogP) is 4.20. The number of hydrogen-bond donors (Lipinski definition) is 3. The molecule has 1 unspecified atom stereocenters. The maximum atomic E-state index is 13.4. The third-order valence-electron chi connectivity index (χ3n) is 7.75. The van der Waals surface area contributed by atoms with Gasteiger partial charge in [-0.05, 0) is 71.8 Å². The smallest absolute Gasteiger partial charge is 0.252 e. The van der Waals surface area contributed by atoms with Gasteiger partial charge < -0.3 is 30.0 Å². The van der Waals surface area contributed by atoms with E-state index in [1.54, 1.807) is 30.5 Å². The summed E-state index contributed by atoms with van der Waals surface area (Å²) in [6, 6.07) is 14.7. The van der Waals surface area contributed by atoms with E-state index < -0.39 is 17.6 Å². The second-order valence-corrected chi connectivity index (χ2v) is 11.0. The van der Waals surface area contributed by atoms with Crippen molar-refractivity contribution in [3.63, 3.8) is 0 Å². The maximum absolute atomic E-state index is 13.4. The van der Waals surface area contributed by atoms with Gasteiger partial charge in [-0.3, -0.25) is 9.59 Å². The van der Waals surface area contributed by atoms with E-state index in [1.165, 1.54) is 5.56 Å². The summed E-state index contributed by atoms with van der Waals surface area (Å²) in [6.45, 7) is 0.356. The number of carbonyl (C=O) groups excluding carboxylic acids is 2. The van der Waals surface area contributed by atoms with Crippen LogP contribution in [0.1, 0.15) is 51.5 Å². The summed E-state index contributed by atoms with van der Waals surface area (Å²) in [4.78, 5) is 25.6. The number of aliphatic hydroxyl groups is 2. The number of Topliss-reactive ketones (excluding diaryl/α,β-unsaturated/α-hetero) is 1. The van der Waals surface area contributed by atoms with E-state index in [4.69, 9.17) is 26.8 Å². The lowest BCUT2D eigenvalue weighted by molar-refractivity contribution is -0.227. The number of ketones is 1. The van der Waals surface area contributed by atoms with Crippen LogP contribution in [0.4, 0.5) is 0 Å². The van der Waals surface area contributed by atoms with E-state index in [9.17, 15) is 19.8 Å². The molecule has 2 fully saturated rings. The van der Waals surface area contributed by atoms with Crippen molar-refractivity contribution in [2.75, 3.05) is 19.8 Å². The molecule has 0 spiro atoms.